The first kappa shape index (κ1) is 14.6. The second-order valence-electron chi connectivity index (χ2n) is 4.16. The Morgan fingerprint density at radius 3 is 2.80 bits per heavy atom. The fraction of sp³-hybridized carbons (Fsp3) is 0.0714. The van der Waals surface area contributed by atoms with Crippen LogP contribution in [-0.2, 0) is 6.54 Å². The van der Waals surface area contributed by atoms with Gasteiger partial charge in [-0.25, -0.2) is 4.39 Å². The number of hydrogen-bond acceptors (Lipinski definition) is 3. The van der Waals surface area contributed by atoms with E-state index in [0.29, 0.717) is 12.1 Å². The maximum absolute atomic E-state index is 13.0. The highest BCUT2D eigenvalue weighted by Crippen LogP contribution is 2.20. The van der Waals surface area contributed by atoms with E-state index in [4.69, 9.17) is 10.9 Å². The highest BCUT2D eigenvalue weighted by atomic mass is 127. The molecular formula is C14H13FIN3O. The number of rotatable bonds is 4. The van der Waals surface area contributed by atoms with Gasteiger partial charge in [-0.15, -0.1) is 0 Å². The van der Waals surface area contributed by atoms with Crippen molar-refractivity contribution < 1.29 is 9.60 Å². The van der Waals surface area contributed by atoms with Crippen molar-refractivity contribution in [3.63, 3.8) is 0 Å². The summed E-state index contributed by atoms with van der Waals surface area (Å²) in [5.74, 6) is -0.183. The molecule has 0 saturated heterocycles. The molecule has 0 aliphatic heterocycles. The Hall–Kier alpha value is -1.83. The van der Waals surface area contributed by atoms with Crippen LogP contribution in [-0.4, -0.2) is 11.0 Å². The number of nitrogens with one attached hydrogen (secondary N) is 1. The van der Waals surface area contributed by atoms with Gasteiger partial charge in [0.15, 0.2) is 5.84 Å². The molecule has 104 valence electrons. The summed E-state index contributed by atoms with van der Waals surface area (Å²) in [7, 11) is 0. The molecule has 0 spiro atoms. The Morgan fingerprint density at radius 2 is 2.10 bits per heavy atom. The minimum atomic E-state index is -0.256. The Bertz CT molecular complexity index is 646. The SMILES string of the molecule is NC(=NO)c1cccc(CNc2ccc(F)cc2I)c1. The van der Waals surface area contributed by atoms with E-state index in [1.165, 1.54) is 12.1 Å². The van der Waals surface area contributed by atoms with Crippen molar-refractivity contribution in [2.45, 2.75) is 6.54 Å². The molecule has 0 amide bonds. The largest absolute Gasteiger partial charge is 0.409 e. The van der Waals surface area contributed by atoms with Gasteiger partial charge < -0.3 is 16.3 Å². The number of hydrogen-bond donors (Lipinski definition) is 3. The van der Waals surface area contributed by atoms with Crippen LogP contribution in [0.25, 0.3) is 0 Å². The second-order valence-corrected chi connectivity index (χ2v) is 5.33. The summed E-state index contributed by atoms with van der Waals surface area (Å²) in [4.78, 5) is 0. The van der Waals surface area contributed by atoms with Gasteiger partial charge in [0, 0.05) is 21.4 Å². The van der Waals surface area contributed by atoms with Crippen molar-refractivity contribution in [3.8, 4) is 0 Å². The van der Waals surface area contributed by atoms with Crippen LogP contribution in [0, 0.1) is 9.39 Å². The van der Waals surface area contributed by atoms with Crippen LogP contribution < -0.4 is 11.1 Å². The van der Waals surface area contributed by atoms with Gasteiger partial charge in [-0.1, -0.05) is 23.4 Å². The van der Waals surface area contributed by atoms with Crippen molar-refractivity contribution in [3.05, 3.63) is 63.0 Å². The molecule has 0 radical (unpaired) electrons. The molecule has 0 saturated carbocycles. The summed E-state index contributed by atoms with van der Waals surface area (Å²) in [6.07, 6.45) is 0. The lowest BCUT2D eigenvalue weighted by Gasteiger charge is -2.09. The van der Waals surface area contributed by atoms with Crippen LogP contribution in [0.15, 0.2) is 47.6 Å². The minimum Gasteiger partial charge on any atom is -0.409 e. The zero-order valence-corrected chi connectivity index (χ0v) is 12.6. The van der Waals surface area contributed by atoms with Gasteiger partial charge in [0.2, 0.25) is 0 Å². The van der Waals surface area contributed by atoms with Gasteiger partial charge in [-0.05, 0) is 52.4 Å². The van der Waals surface area contributed by atoms with Crippen molar-refractivity contribution in [2.75, 3.05) is 5.32 Å². The summed E-state index contributed by atoms with van der Waals surface area (Å²) >= 11 is 2.08. The maximum atomic E-state index is 13.0. The van der Waals surface area contributed by atoms with Crippen LogP contribution >= 0.6 is 22.6 Å². The first-order valence-corrected chi connectivity index (χ1v) is 6.94. The molecule has 0 aromatic heterocycles. The monoisotopic (exact) mass is 385 g/mol. The fourth-order valence-electron chi connectivity index (χ4n) is 1.73. The van der Waals surface area contributed by atoms with Crippen LogP contribution in [0.3, 0.4) is 0 Å². The summed E-state index contributed by atoms with van der Waals surface area (Å²) in [6, 6.07) is 11.9. The van der Waals surface area contributed by atoms with Gasteiger partial charge in [0.05, 0.1) is 0 Å². The van der Waals surface area contributed by atoms with Gasteiger partial charge in [0.25, 0.3) is 0 Å². The highest BCUT2D eigenvalue weighted by molar-refractivity contribution is 14.1. The molecule has 2 rings (SSSR count). The van der Waals surface area contributed by atoms with E-state index < -0.39 is 0 Å². The molecule has 6 heteroatoms. The third-order valence-electron chi connectivity index (χ3n) is 2.74. The maximum Gasteiger partial charge on any atom is 0.170 e. The van der Waals surface area contributed by atoms with Gasteiger partial charge in [-0.3, -0.25) is 0 Å². The molecule has 0 bridgehead atoms. The van der Waals surface area contributed by atoms with Gasteiger partial charge in [-0.2, -0.15) is 0 Å². The molecule has 4 N–H and O–H groups in total. The van der Waals surface area contributed by atoms with E-state index in [-0.39, 0.29) is 11.7 Å². The predicted octanol–water partition coefficient (Wildman–Crippen LogP) is 3.14. The van der Waals surface area contributed by atoms with E-state index in [0.717, 1.165) is 14.8 Å². The molecule has 0 unspecified atom stereocenters. The lowest BCUT2D eigenvalue weighted by Crippen LogP contribution is -2.13. The molecule has 0 aliphatic rings. The van der Waals surface area contributed by atoms with Crippen molar-refractivity contribution in [1.82, 2.24) is 0 Å². The normalized spacial score (nSPS) is 11.4. The first-order valence-electron chi connectivity index (χ1n) is 5.86. The molecule has 4 nitrogen and oxygen atoms in total. The molecule has 0 aliphatic carbocycles. The average molecular weight is 385 g/mol. The van der Waals surface area contributed by atoms with Crippen molar-refractivity contribution in [2.24, 2.45) is 10.9 Å². The fourth-order valence-corrected chi connectivity index (χ4v) is 2.40. The summed E-state index contributed by atoms with van der Waals surface area (Å²) in [5, 5.41) is 14.9. The minimum absolute atomic E-state index is 0.0724. The number of benzene rings is 2. The molecular weight excluding hydrogens is 372 g/mol. The van der Waals surface area contributed by atoms with E-state index in [2.05, 4.69) is 33.1 Å². The third-order valence-corrected chi connectivity index (χ3v) is 3.64. The smallest absolute Gasteiger partial charge is 0.170 e. The number of oxime groups is 1. The van der Waals surface area contributed by atoms with E-state index in [1.54, 1.807) is 12.1 Å². The zero-order chi connectivity index (χ0) is 14.5. The first-order chi connectivity index (χ1) is 9.60. The van der Waals surface area contributed by atoms with Crippen molar-refractivity contribution >= 4 is 34.1 Å². The number of amidine groups is 1. The molecule has 20 heavy (non-hydrogen) atoms. The van der Waals surface area contributed by atoms with Crippen LogP contribution in [0.1, 0.15) is 11.1 Å². The van der Waals surface area contributed by atoms with Gasteiger partial charge in [0.1, 0.15) is 5.82 Å². The van der Waals surface area contributed by atoms with Crippen molar-refractivity contribution in [1.29, 1.82) is 0 Å². The predicted molar refractivity (Wildman–Crippen MR) is 85.4 cm³/mol. The Kier molecular flexibility index (Phi) is 4.78. The lowest BCUT2D eigenvalue weighted by molar-refractivity contribution is 0.318. The number of halogens is 2. The second kappa shape index (κ2) is 6.56. The van der Waals surface area contributed by atoms with Crippen LogP contribution in [0.4, 0.5) is 10.1 Å². The van der Waals surface area contributed by atoms with E-state index in [9.17, 15) is 4.39 Å². The lowest BCUT2D eigenvalue weighted by atomic mass is 10.1. The van der Waals surface area contributed by atoms with E-state index >= 15 is 0 Å². The molecule has 2 aromatic rings. The average Bonchev–Trinajstić information content (AvgIpc) is 2.46. The highest BCUT2D eigenvalue weighted by Gasteiger charge is 2.03. The zero-order valence-electron chi connectivity index (χ0n) is 10.5. The Balaban J connectivity index is 2.11. The molecule has 0 fully saturated rings. The molecule has 2 aromatic carbocycles. The topological polar surface area (TPSA) is 70.6 Å². The van der Waals surface area contributed by atoms with Crippen LogP contribution in [0.5, 0.6) is 0 Å². The quantitative estimate of drug-likeness (QED) is 0.249. The Morgan fingerprint density at radius 1 is 1.30 bits per heavy atom. The van der Waals surface area contributed by atoms with Crippen LogP contribution in [0.2, 0.25) is 0 Å². The number of nitrogens with zero attached hydrogens (tertiary/aromatic N) is 1. The van der Waals surface area contributed by atoms with Gasteiger partial charge >= 0.3 is 0 Å². The number of nitrogens with two attached hydrogens (primary N) is 1. The summed E-state index contributed by atoms with van der Waals surface area (Å²) < 4.78 is 13.8. The molecule has 0 atom stereocenters. The summed E-state index contributed by atoms with van der Waals surface area (Å²) in [6.45, 7) is 0.564. The Labute approximate surface area is 129 Å². The third kappa shape index (κ3) is 3.60. The van der Waals surface area contributed by atoms with E-state index in [1.807, 2.05) is 18.2 Å². The summed E-state index contributed by atoms with van der Waals surface area (Å²) in [5.41, 5.74) is 8.04. The molecule has 0 heterocycles. The standard InChI is InChI=1S/C14H13FIN3O/c15-11-4-5-13(12(16)7-11)18-8-9-2-1-3-10(6-9)14(17)19-20/h1-7,18,20H,8H2,(H2,17,19). The number of anilines is 1.